The molecule has 19 heavy (non-hydrogen) atoms. The topological polar surface area (TPSA) is 86.8 Å². The highest BCUT2D eigenvalue weighted by Crippen LogP contribution is 2.00. The molecule has 0 radical (unpaired) electrons. The molecule has 0 bridgehead atoms. The molecule has 0 fully saturated rings. The van der Waals surface area contributed by atoms with Crippen LogP contribution >= 0.6 is 0 Å². The third-order valence-electron chi connectivity index (χ3n) is 2.55. The first kappa shape index (κ1) is 13.0. The van der Waals surface area contributed by atoms with Crippen LogP contribution in [0.25, 0.3) is 0 Å². The summed E-state index contributed by atoms with van der Waals surface area (Å²) in [6, 6.07) is 1.74. The molecule has 0 aliphatic heterocycles. The molecule has 1 amide bonds. The maximum atomic E-state index is 11.7. The number of hydrogen-bond donors (Lipinski definition) is 2. The molecule has 0 atom stereocenters. The van der Waals surface area contributed by atoms with E-state index in [1.165, 1.54) is 0 Å². The van der Waals surface area contributed by atoms with Crippen molar-refractivity contribution in [2.24, 2.45) is 0 Å². The summed E-state index contributed by atoms with van der Waals surface area (Å²) in [5.74, 6) is 0.473. The lowest BCUT2D eigenvalue weighted by atomic mass is 10.3. The van der Waals surface area contributed by atoms with Gasteiger partial charge in [0.2, 0.25) is 11.9 Å². The number of anilines is 1. The van der Waals surface area contributed by atoms with Gasteiger partial charge in [-0.1, -0.05) is 0 Å². The van der Waals surface area contributed by atoms with Gasteiger partial charge in [0, 0.05) is 44.3 Å². The molecule has 0 unspecified atom stereocenters. The number of rotatable bonds is 6. The minimum Gasteiger partial charge on any atom is -0.354 e. The first-order valence-corrected chi connectivity index (χ1v) is 5.98. The van der Waals surface area contributed by atoms with Gasteiger partial charge in [0.15, 0.2) is 0 Å². The van der Waals surface area contributed by atoms with E-state index in [-0.39, 0.29) is 12.5 Å². The molecule has 0 saturated carbocycles. The van der Waals surface area contributed by atoms with Crippen molar-refractivity contribution in [3.8, 4) is 0 Å². The highest BCUT2D eigenvalue weighted by Gasteiger charge is 2.08. The Hall–Kier alpha value is -2.44. The number of carbonyl (C=O) groups is 1. The fourth-order valence-electron chi connectivity index (χ4n) is 1.59. The van der Waals surface area contributed by atoms with Crippen LogP contribution in [0.2, 0.25) is 0 Å². The Morgan fingerprint density at radius 3 is 2.89 bits per heavy atom. The lowest BCUT2D eigenvalue weighted by Gasteiger charge is -2.15. The van der Waals surface area contributed by atoms with Gasteiger partial charge < -0.3 is 15.2 Å². The summed E-state index contributed by atoms with van der Waals surface area (Å²) < 4.78 is 0. The molecule has 2 aromatic rings. The monoisotopic (exact) mass is 260 g/mol. The summed E-state index contributed by atoms with van der Waals surface area (Å²) in [6.45, 7) is 0.803. The van der Waals surface area contributed by atoms with E-state index in [1.807, 2.05) is 0 Å². The number of nitrogens with zero attached hydrogens (tertiary/aromatic N) is 4. The number of nitrogens with one attached hydrogen (secondary N) is 2. The summed E-state index contributed by atoms with van der Waals surface area (Å²) in [7, 11) is 1.78. The standard InChI is InChI=1S/C12H16N6O/c1-18(12-15-4-2-5-16-12)8-11(19)14-6-3-10-7-13-9-17-10/h2,4-5,7,9H,3,6,8H2,1H3,(H,13,17)(H,14,19). The third kappa shape index (κ3) is 4.06. The first-order chi connectivity index (χ1) is 9.25. The van der Waals surface area contributed by atoms with E-state index in [4.69, 9.17) is 0 Å². The van der Waals surface area contributed by atoms with E-state index >= 15 is 0 Å². The number of H-pyrrole nitrogens is 1. The maximum Gasteiger partial charge on any atom is 0.239 e. The Bertz CT molecular complexity index is 498. The van der Waals surface area contributed by atoms with Gasteiger partial charge in [-0.25, -0.2) is 15.0 Å². The zero-order valence-electron chi connectivity index (χ0n) is 10.7. The zero-order chi connectivity index (χ0) is 13.5. The predicted octanol–water partition coefficient (Wildman–Crippen LogP) is -0.00520. The summed E-state index contributed by atoms with van der Waals surface area (Å²) in [6.07, 6.45) is 7.40. The second-order valence-electron chi connectivity index (χ2n) is 4.08. The normalized spacial score (nSPS) is 10.2. The van der Waals surface area contributed by atoms with E-state index < -0.39 is 0 Å². The highest BCUT2D eigenvalue weighted by molar-refractivity contribution is 5.80. The van der Waals surface area contributed by atoms with Crippen molar-refractivity contribution < 1.29 is 4.79 Å². The van der Waals surface area contributed by atoms with Crippen LogP contribution in [-0.2, 0) is 11.2 Å². The molecule has 2 aromatic heterocycles. The van der Waals surface area contributed by atoms with E-state index in [9.17, 15) is 4.79 Å². The summed E-state index contributed by atoms with van der Waals surface area (Å²) in [5.41, 5.74) is 1.00. The molecule has 0 aliphatic carbocycles. The van der Waals surface area contributed by atoms with Gasteiger partial charge in [0.05, 0.1) is 12.9 Å². The van der Waals surface area contributed by atoms with E-state index in [0.717, 1.165) is 12.1 Å². The van der Waals surface area contributed by atoms with Gasteiger partial charge in [-0.05, 0) is 6.07 Å². The zero-order valence-corrected chi connectivity index (χ0v) is 10.7. The second-order valence-corrected chi connectivity index (χ2v) is 4.08. The quantitative estimate of drug-likeness (QED) is 0.763. The Morgan fingerprint density at radius 2 is 2.21 bits per heavy atom. The molecule has 100 valence electrons. The van der Waals surface area contributed by atoms with Crippen LogP contribution in [0.1, 0.15) is 5.69 Å². The van der Waals surface area contributed by atoms with Crippen molar-refractivity contribution in [1.29, 1.82) is 0 Å². The summed E-state index contributed by atoms with van der Waals surface area (Å²) >= 11 is 0. The Balaban J connectivity index is 1.72. The first-order valence-electron chi connectivity index (χ1n) is 5.98. The number of aromatic nitrogens is 4. The SMILES string of the molecule is CN(CC(=O)NCCc1cnc[nH]1)c1ncccn1. The summed E-state index contributed by atoms with van der Waals surface area (Å²) in [5, 5.41) is 2.84. The number of hydrogen-bond acceptors (Lipinski definition) is 5. The molecule has 0 aliphatic rings. The Labute approximate surface area is 111 Å². The van der Waals surface area contributed by atoms with Crippen LogP contribution in [0.15, 0.2) is 31.0 Å². The van der Waals surface area contributed by atoms with E-state index in [1.54, 1.807) is 42.9 Å². The molecule has 2 rings (SSSR count). The fraction of sp³-hybridized carbons (Fsp3) is 0.333. The maximum absolute atomic E-state index is 11.7. The third-order valence-corrected chi connectivity index (χ3v) is 2.55. The molecule has 2 N–H and O–H groups in total. The van der Waals surface area contributed by atoms with Crippen molar-refractivity contribution in [2.75, 3.05) is 25.0 Å². The number of amides is 1. The second kappa shape index (κ2) is 6.48. The smallest absolute Gasteiger partial charge is 0.239 e. The fourth-order valence-corrected chi connectivity index (χ4v) is 1.59. The molecular formula is C12H16N6O. The predicted molar refractivity (Wildman–Crippen MR) is 70.6 cm³/mol. The summed E-state index contributed by atoms with van der Waals surface area (Å²) in [4.78, 5) is 28.5. The molecule has 7 heteroatoms. The number of likely N-dealkylation sites (N-methyl/N-ethyl adjacent to an activating group) is 1. The number of carbonyl (C=O) groups excluding carboxylic acids is 1. The molecular weight excluding hydrogens is 244 g/mol. The van der Waals surface area contributed by atoms with Crippen molar-refractivity contribution in [1.82, 2.24) is 25.3 Å². The Morgan fingerprint density at radius 1 is 1.42 bits per heavy atom. The highest BCUT2D eigenvalue weighted by atomic mass is 16.2. The minimum absolute atomic E-state index is 0.0607. The van der Waals surface area contributed by atoms with Crippen LogP contribution in [0.4, 0.5) is 5.95 Å². The van der Waals surface area contributed by atoms with Crippen LogP contribution in [0.3, 0.4) is 0 Å². The van der Waals surface area contributed by atoms with Crippen molar-refractivity contribution in [3.05, 3.63) is 36.7 Å². The number of imidazole rings is 1. The van der Waals surface area contributed by atoms with Gasteiger partial charge in [0.25, 0.3) is 0 Å². The van der Waals surface area contributed by atoms with E-state index in [0.29, 0.717) is 12.5 Å². The molecule has 0 spiro atoms. The number of aromatic amines is 1. The Kier molecular flexibility index (Phi) is 4.44. The van der Waals surface area contributed by atoms with Gasteiger partial charge in [-0.3, -0.25) is 4.79 Å². The largest absolute Gasteiger partial charge is 0.354 e. The van der Waals surface area contributed by atoms with Gasteiger partial charge >= 0.3 is 0 Å². The van der Waals surface area contributed by atoms with Crippen LogP contribution < -0.4 is 10.2 Å². The van der Waals surface area contributed by atoms with Crippen molar-refractivity contribution >= 4 is 11.9 Å². The average Bonchev–Trinajstić information content (AvgIpc) is 2.93. The van der Waals surface area contributed by atoms with Crippen molar-refractivity contribution in [2.45, 2.75) is 6.42 Å². The van der Waals surface area contributed by atoms with E-state index in [2.05, 4.69) is 25.3 Å². The average molecular weight is 260 g/mol. The van der Waals surface area contributed by atoms with Gasteiger partial charge in [-0.15, -0.1) is 0 Å². The van der Waals surface area contributed by atoms with Crippen LogP contribution in [0.5, 0.6) is 0 Å². The van der Waals surface area contributed by atoms with Crippen LogP contribution in [0, 0.1) is 0 Å². The molecule has 2 heterocycles. The van der Waals surface area contributed by atoms with Gasteiger partial charge in [-0.2, -0.15) is 0 Å². The van der Waals surface area contributed by atoms with Crippen molar-refractivity contribution in [3.63, 3.8) is 0 Å². The van der Waals surface area contributed by atoms with Gasteiger partial charge in [0.1, 0.15) is 0 Å². The molecule has 0 aromatic carbocycles. The minimum atomic E-state index is -0.0607. The lowest BCUT2D eigenvalue weighted by Crippen LogP contribution is -2.36. The molecule has 0 saturated heterocycles. The molecule has 7 nitrogen and oxygen atoms in total. The lowest BCUT2D eigenvalue weighted by molar-refractivity contribution is -0.119. The van der Waals surface area contributed by atoms with Crippen LogP contribution in [-0.4, -0.2) is 46.0 Å².